The minimum Gasteiger partial charge on any atom is -0.341 e. The summed E-state index contributed by atoms with van der Waals surface area (Å²) in [7, 11) is 0. The third-order valence-electron chi connectivity index (χ3n) is 5.29. The van der Waals surface area contributed by atoms with Gasteiger partial charge in [0, 0.05) is 60.6 Å². The Labute approximate surface area is 162 Å². The van der Waals surface area contributed by atoms with Crippen LogP contribution in [0.5, 0.6) is 0 Å². The number of rotatable bonds is 3. The van der Waals surface area contributed by atoms with E-state index in [9.17, 15) is 0 Å². The van der Waals surface area contributed by atoms with Gasteiger partial charge in [0.2, 0.25) is 0 Å². The van der Waals surface area contributed by atoms with Crippen LogP contribution in [-0.2, 0) is 6.54 Å². The molecule has 1 atom stereocenters. The molecule has 5 heteroatoms. The monoisotopic (exact) mass is 379 g/mol. The van der Waals surface area contributed by atoms with E-state index in [1.807, 2.05) is 0 Å². The number of fused-ring (bicyclic) bond motifs is 3. The summed E-state index contributed by atoms with van der Waals surface area (Å²) in [5, 5.41) is 6.21. The van der Waals surface area contributed by atoms with Crippen LogP contribution in [0.25, 0.3) is 21.8 Å². The smallest absolute Gasteiger partial charge is 0.0491 e. The highest BCUT2D eigenvalue weighted by atomic mass is 35.5. The molecule has 1 N–H and O–H groups in total. The molecule has 0 amide bonds. The number of aryl methyl sites for hydroxylation is 1. The molecule has 1 saturated heterocycles. The first-order valence-electron chi connectivity index (χ1n) is 8.75. The van der Waals surface area contributed by atoms with Crippen molar-refractivity contribution in [1.29, 1.82) is 0 Å². The Morgan fingerprint density at radius 2 is 1.64 bits per heavy atom. The van der Waals surface area contributed by atoms with E-state index >= 15 is 0 Å². The Kier molecular flexibility index (Phi) is 6.75. The van der Waals surface area contributed by atoms with Gasteiger partial charge in [-0.05, 0) is 37.6 Å². The van der Waals surface area contributed by atoms with E-state index in [0.29, 0.717) is 6.04 Å². The van der Waals surface area contributed by atoms with Crippen LogP contribution < -0.4 is 5.32 Å². The molecule has 0 saturated carbocycles. The van der Waals surface area contributed by atoms with E-state index in [1.54, 1.807) is 0 Å². The maximum Gasteiger partial charge on any atom is 0.0491 e. The molecule has 0 radical (unpaired) electrons. The van der Waals surface area contributed by atoms with Gasteiger partial charge in [-0.1, -0.05) is 24.3 Å². The topological polar surface area (TPSA) is 20.2 Å². The lowest BCUT2D eigenvalue weighted by Crippen LogP contribution is -2.44. The third-order valence-corrected chi connectivity index (χ3v) is 5.29. The molecule has 25 heavy (non-hydrogen) atoms. The van der Waals surface area contributed by atoms with Crippen LogP contribution in [0.1, 0.15) is 25.5 Å². The number of para-hydroxylation sites is 1. The van der Waals surface area contributed by atoms with Crippen molar-refractivity contribution in [2.75, 3.05) is 26.2 Å². The van der Waals surface area contributed by atoms with Crippen LogP contribution in [-0.4, -0.2) is 35.6 Å². The Morgan fingerprint density at radius 1 is 0.960 bits per heavy atom. The average molecular weight is 380 g/mol. The van der Waals surface area contributed by atoms with Crippen molar-refractivity contribution in [2.24, 2.45) is 0 Å². The van der Waals surface area contributed by atoms with Gasteiger partial charge in [0.15, 0.2) is 0 Å². The second-order valence-electron chi connectivity index (χ2n) is 6.50. The lowest BCUT2D eigenvalue weighted by Gasteiger charge is -2.33. The zero-order valence-electron chi connectivity index (χ0n) is 14.9. The Morgan fingerprint density at radius 3 is 2.36 bits per heavy atom. The van der Waals surface area contributed by atoms with Crippen LogP contribution >= 0.6 is 24.8 Å². The molecule has 1 aliphatic rings. The minimum absolute atomic E-state index is 0. The Balaban J connectivity index is 0.00000113. The van der Waals surface area contributed by atoms with Gasteiger partial charge >= 0.3 is 0 Å². The molecule has 2 aromatic carbocycles. The molecule has 1 aliphatic heterocycles. The SMILES string of the molecule is CCn1c2ccccc2c2cc([C@H](C)N3CCNCC3)ccc21.Cl.Cl. The summed E-state index contributed by atoms with van der Waals surface area (Å²) >= 11 is 0. The minimum atomic E-state index is 0. The predicted octanol–water partition coefficient (Wildman–Crippen LogP) is 4.62. The van der Waals surface area contributed by atoms with Crippen LogP contribution in [0.4, 0.5) is 0 Å². The normalized spacial score (nSPS) is 16.4. The highest BCUT2D eigenvalue weighted by molar-refractivity contribution is 6.08. The highest BCUT2D eigenvalue weighted by Gasteiger charge is 2.19. The first-order chi connectivity index (χ1) is 11.3. The maximum absolute atomic E-state index is 3.44. The van der Waals surface area contributed by atoms with Crippen molar-refractivity contribution >= 4 is 46.6 Å². The summed E-state index contributed by atoms with van der Waals surface area (Å²) in [6.07, 6.45) is 0. The number of nitrogens with zero attached hydrogens (tertiary/aromatic N) is 2. The summed E-state index contributed by atoms with van der Waals surface area (Å²) in [5.41, 5.74) is 4.13. The van der Waals surface area contributed by atoms with Gasteiger partial charge in [-0.2, -0.15) is 0 Å². The molecule has 3 aromatic rings. The van der Waals surface area contributed by atoms with Gasteiger partial charge in [0.25, 0.3) is 0 Å². The van der Waals surface area contributed by atoms with Crippen molar-refractivity contribution < 1.29 is 0 Å². The van der Waals surface area contributed by atoms with Crippen molar-refractivity contribution in [3.63, 3.8) is 0 Å². The van der Waals surface area contributed by atoms with E-state index in [2.05, 4.69) is 71.1 Å². The number of hydrogen-bond donors (Lipinski definition) is 1. The molecule has 0 bridgehead atoms. The van der Waals surface area contributed by atoms with Crippen LogP contribution in [0.15, 0.2) is 42.5 Å². The number of nitrogens with one attached hydrogen (secondary N) is 1. The Hall–Kier alpha value is -1.26. The van der Waals surface area contributed by atoms with Gasteiger partial charge in [-0.25, -0.2) is 0 Å². The number of halogens is 2. The summed E-state index contributed by atoms with van der Waals surface area (Å²) in [4.78, 5) is 2.58. The molecular formula is C20H27Cl2N3. The quantitative estimate of drug-likeness (QED) is 0.715. The van der Waals surface area contributed by atoms with Gasteiger partial charge in [0.1, 0.15) is 0 Å². The van der Waals surface area contributed by atoms with Crippen molar-refractivity contribution in [2.45, 2.75) is 26.4 Å². The molecule has 3 nitrogen and oxygen atoms in total. The fourth-order valence-electron chi connectivity index (χ4n) is 3.95. The molecule has 0 spiro atoms. The zero-order chi connectivity index (χ0) is 15.8. The highest BCUT2D eigenvalue weighted by Crippen LogP contribution is 2.32. The lowest BCUT2D eigenvalue weighted by atomic mass is 10.0. The second-order valence-corrected chi connectivity index (χ2v) is 6.50. The largest absolute Gasteiger partial charge is 0.341 e. The van der Waals surface area contributed by atoms with Crippen LogP contribution in [0.2, 0.25) is 0 Å². The van der Waals surface area contributed by atoms with Crippen LogP contribution in [0.3, 0.4) is 0 Å². The molecule has 1 aromatic heterocycles. The summed E-state index contributed by atoms with van der Waals surface area (Å²) in [6.45, 7) is 10.0. The van der Waals surface area contributed by atoms with Crippen molar-refractivity contribution in [3.05, 3.63) is 48.0 Å². The molecule has 2 heterocycles. The lowest BCUT2D eigenvalue weighted by molar-refractivity contribution is 0.185. The molecular weight excluding hydrogens is 353 g/mol. The number of piperazine rings is 1. The van der Waals surface area contributed by atoms with Gasteiger partial charge in [-0.3, -0.25) is 4.90 Å². The second kappa shape index (κ2) is 8.41. The molecule has 4 rings (SSSR count). The van der Waals surface area contributed by atoms with Gasteiger partial charge in [-0.15, -0.1) is 24.8 Å². The van der Waals surface area contributed by atoms with E-state index in [-0.39, 0.29) is 24.8 Å². The van der Waals surface area contributed by atoms with Gasteiger partial charge in [0.05, 0.1) is 0 Å². The fourth-order valence-corrected chi connectivity index (χ4v) is 3.95. The first kappa shape index (κ1) is 20.1. The van der Waals surface area contributed by atoms with Crippen molar-refractivity contribution in [1.82, 2.24) is 14.8 Å². The molecule has 0 aliphatic carbocycles. The van der Waals surface area contributed by atoms with E-state index in [4.69, 9.17) is 0 Å². The standard InChI is InChI=1S/C20H25N3.2ClH/c1-3-23-19-7-5-4-6-17(19)18-14-16(8-9-20(18)23)15(2)22-12-10-21-11-13-22;;/h4-9,14-15,21H,3,10-13H2,1-2H3;2*1H/t15-;;/m0../s1. The zero-order valence-corrected chi connectivity index (χ0v) is 16.5. The molecule has 1 fully saturated rings. The summed E-state index contributed by atoms with van der Waals surface area (Å²) in [6, 6.07) is 16.3. The van der Waals surface area contributed by atoms with E-state index < -0.39 is 0 Å². The van der Waals surface area contributed by atoms with Crippen LogP contribution in [0, 0.1) is 0 Å². The number of benzene rings is 2. The number of aromatic nitrogens is 1. The Bertz CT molecular complexity index is 837. The van der Waals surface area contributed by atoms with Crippen molar-refractivity contribution in [3.8, 4) is 0 Å². The molecule has 136 valence electrons. The predicted molar refractivity (Wildman–Crippen MR) is 112 cm³/mol. The summed E-state index contributed by atoms with van der Waals surface area (Å²) in [5.74, 6) is 0. The van der Waals surface area contributed by atoms with Gasteiger partial charge < -0.3 is 9.88 Å². The fraction of sp³-hybridized carbons (Fsp3) is 0.400. The van der Waals surface area contributed by atoms with E-state index in [1.165, 1.54) is 27.4 Å². The average Bonchev–Trinajstić information content (AvgIpc) is 2.95. The number of hydrogen-bond acceptors (Lipinski definition) is 2. The first-order valence-corrected chi connectivity index (χ1v) is 8.75. The third kappa shape index (κ3) is 3.52. The van der Waals surface area contributed by atoms with E-state index in [0.717, 1.165) is 32.7 Å². The maximum atomic E-state index is 3.44. The molecule has 0 unspecified atom stereocenters. The summed E-state index contributed by atoms with van der Waals surface area (Å²) < 4.78 is 2.42.